The fourth-order valence-electron chi connectivity index (χ4n) is 1.95. The molecule has 0 bridgehead atoms. The maximum Gasteiger partial charge on any atom is 0.213 e. The maximum atomic E-state index is 5.76. The molecule has 3 nitrogen and oxygen atoms in total. The first-order valence-electron chi connectivity index (χ1n) is 6.76. The molecule has 4 heteroatoms. The van der Waals surface area contributed by atoms with E-state index in [1.807, 2.05) is 6.07 Å². The lowest BCUT2D eigenvalue weighted by Gasteiger charge is -2.14. The first-order chi connectivity index (χ1) is 9.74. The highest BCUT2D eigenvalue weighted by molar-refractivity contribution is 6.30. The molecule has 2 rings (SSSR count). The van der Waals surface area contributed by atoms with Crippen LogP contribution in [0, 0.1) is 0 Å². The van der Waals surface area contributed by atoms with Gasteiger partial charge in [-0.05, 0) is 25.0 Å². The highest BCUT2D eigenvalue weighted by Gasteiger charge is 2.02. The van der Waals surface area contributed by atoms with Crippen LogP contribution in [-0.4, -0.2) is 24.2 Å². The number of aromatic nitrogens is 1. The van der Waals surface area contributed by atoms with E-state index in [-0.39, 0.29) is 0 Å². The summed E-state index contributed by atoms with van der Waals surface area (Å²) in [6.45, 7) is 3.56. The molecule has 0 radical (unpaired) electrons. The molecule has 106 valence electrons. The average molecular weight is 291 g/mol. The number of nitrogens with zero attached hydrogens (tertiary/aromatic N) is 1. The van der Waals surface area contributed by atoms with E-state index in [9.17, 15) is 0 Å². The predicted octanol–water partition coefficient (Wildman–Crippen LogP) is 3.33. The monoisotopic (exact) mass is 290 g/mol. The Kier molecular flexibility index (Phi) is 5.84. The molecular weight excluding hydrogens is 272 g/mol. The van der Waals surface area contributed by atoms with Gasteiger partial charge in [0.15, 0.2) is 0 Å². The summed E-state index contributed by atoms with van der Waals surface area (Å²) < 4.78 is 5.53. The van der Waals surface area contributed by atoms with Crippen LogP contribution in [0.25, 0.3) is 0 Å². The molecule has 0 aliphatic carbocycles. The van der Waals surface area contributed by atoms with Crippen molar-refractivity contribution in [1.82, 2.24) is 10.3 Å². The van der Waals surface area contributed by atoms with E-state index in [2.05, 4.69) is 41.5 Å². The second-order valence-corrected chi connectivity index (χ2v) is 5.14. The van der Waals surface area contributed by atoms with Crippen molar-refractivity contribution in [2.45, 2.75) is 19.4 Å². The van der Waals surface area contributed by atoms with E-state index in [1.165, 1.54) is 5.56 Å². The molecule has 0 aliphatic heterocycles. The quantitative estimate of drug-likeness (QED) is 0.794. The van der Waals surface area contributed by atoms with Crippen molar-refractivity contribution in [3.8, 4) is 5.88 Å². The summed E-state index contributed by atoms with van der Waals surface area (Å²) >= 11 is 5.76. The maximum absolute atomic E-state index is 5.76. The molecule has 1 N–H and O–H groups in total. The Balaban J connectivity index is 1.64. The van der Waals surface area contributed by atoms with Crippen LogP contribution in [0.15, 0.2) is 48.7 Å². The molecule has 1 aromatic carbocycles. The summed E-state index contributed by atoms with van der Waals surface area (Å²) in [4.78, 5) is 4.08. The Morgan fingerprint density at radius 1 is 1.20 bits per heavy atom. The molecule has 2 aromatic rings. The number of ether oxygens (including phenoxy) is 1. The van der Waals surface area contributed by atoms with Crippen LogP contribution in [-0.2, 0) is 6.42 Å². The van der Waals surface area contributed by atoms with Crippen molar-refractivity contribution in [1.29, 1.82) is 0 Å². The number of halogens is 1. The lowest BCUT2D eigenvalue weighted by atomic mass is 10.1. The Morgan fingerprint density at radius 2 is 2.00 bits per heavy atom. The van der Waals surface area contributed by atoms with Crippen molar-refractivity contribution in [3.05, 3.63) is 59.2 Å². The molecule has 0 aliphatic rings. The lowest BCUT2D eigenvalue weighted by Crippen LogP contribution is -2.31. The highest BCUT2D eigenvalue weighted by Crippen LogP contribution is 2.11. The largest absolute Gasteiger partial charge is 0.476 e. The predicted molar refractivity (Wildman–Crippen MR) is 82.4 cm³/mol. The van der Waals surface area contributed by atoms with E-state index in [0.29, 0.717) is 23.6 Å². The molecule has 1 atom stereocenters. The van der Waals surface area contributed by atoms with Gasteiger partial charge in [0.25, 0.3) is 0 Å². The fourth-order valence-corrected chi connectivity index (χ4v) is 2.06. The summed E-state index contributed by atoms with van der Waals surface area (Å²) in [6, 6.07) is 14.4. The molecule has 0 saturated heterocycles. The molecule has 1 aromatic heterocycles. The lowest BCUT2D eigenvalue weighted by molar-refractivity contribution is 0.296. The minimum atomic E-state index is 0.416. The minimum Gasteiger partial charge on any atom is -0.476 e. The summed E-state index contributed by atoms with van der Waals surface area (Å²) in [7, 11) is 0. The molecule has 0 spiro atoms. The fraction of sp³-hybridized carbons (Fsp3) is 0.312. The third kappa shape index (κ3) is 5.19. The zero-order chi connectivity index (χ0) is 14.2. The third-order valence-electron chi connectivity index (χ3n) is 2.93. The van der Waals surface area contributed by atoms with E-state index in [1.54, 1.807) is 18.3 Å². The van der Waals surface area contributed by atoms with Crippen LogP contribution >= 0.6 is 11.6 Å². The summed E-state index contributed by atoms with van der Waals surface area (Å²) in [5.41, 5.74) is 1.34. The normalized spacial score (nSPS) is 12.1. The van der Waals surface area contributed by atoms with E-state index < -0.39 is 0 Å². The number of benzene rings is 1. The van der Waals surface area contributed by atoms with Gasteiger partial charge >= 0.3 is 0 Å². The number of nitrogens with one attached hydrogen (secondary N) is 1. The molecule has 1 unspecified atom stereocenters. The van der Waals surface area contributed by atoms with Crippen molar-refractivity contribution in [3.63, 3.8) is 0 Å². The van der Waals surface area contributed by atoms with Crippen LogP contribution in [0.5, 0.6) is 5.88 Å². The number of hydrogen-bond acceptors (Lipinski definition) is 3. The number of rotatable bonds is 7. The van der Waals surface area contributed by atoms with Crippen molar-refractivity contribution < 1.29 is 4.74 Å². The van der Waals surface area contributed by atoms with Crippen LogP contribution in [0.2, 0.25) is 5.02 Å². The molecule has 20 heavy (non-hydrogen) atoms. The second kappa shape index (κ2) is 7.88. The van der Waals surface area contributed by atoms with Crippen molar-refractivity contribution in [2.24, 2.45) is 0 Å². The van der Waals surface area contributed by atoms with Gasteiger partial charge in [-0.1, -0.05) is 41.9 Å². The third-order valence-corrected chi connectivity index (χ3v) is 3.15. The Morgan fingerprint density at radius 3 is 2.70 bits per heavy atom. The van der Waals surface area contributed by atoms with Gasteiger partial charge in [-0.25, -0.2) is 4.98 Å². The standard InChI is InChI=1S/C16H19ClN2O/c1-13(11-14-5-3-2-4-6-14)18-9-10-20-16-8-7-15(17)12-19-16/h2-8,12-13,18H,9-11H2,1H3. The second-order valence-electron chi connectivity index (χ2n) is 4.71. The number of hydrogen-bond donors (Lipinski definition) is 1. The topological polar surface area (TPSA) is 34.1 Å². The first-order valence-corrected chi connectivity index (χ1v) is 7.13. The average Bonchev–Trinajstić information content (AvgIpc) is 2.46. The van der Waals surface area contributed by atoms with E-state index in [4.69, 9.17) is 16.3 Å². The summed E-state index contributed by atoms with van der Waals surface area (Å²) in [5, 5.41) is 4.05. The molecule has 1 heterocycles. The van der Waals surface area contributed by atoms with Crippen molar-refractivity contribution in [2.75, 3.05) is 13.2 Å². The zero-order valence-corrected chi connectivity index (χ0v) is 12.3. The Bertz CT molecular complexity index is 502. The smallest absolute Gasteiger partial charge is 0.213 e. The molecular formula is C16H19ClN2O. The van der Waals surface area contributed by atoms with Gasteiger partial charge in [0, 0.05) is 24.8 Å². The SMILES string of the molecule is CC(Cc1ccccc1)NCCOc1ccc(Cl)cn1. The van der Waals surface area contributed by atoms with Gasteiger partial charge in [-0.15, -0.1) is 0 Å². The van der Waals surface area contributed by atoms with Gasteiger partial charge < -0.3 is 10.1 Å². The summed E-state index contributed by atoms with van der Waals surface area (Å²) in [5.74, 6) is 0.604. The number of pyridine rings is 1. The van der Waals surface area contributed by atoms with Crippen molar-refractivity contribution >= 4 is 11.6 Å². The van der Waals surface area contributed by atoms with E-state index >= 15 is 0 Å². The Labute approximate surface area is 124 Å². The van der Waals surface area contributed by atoms with Crippen LogP contribution in [0.1, 0.15) is 12.5 Å². The molecule has 0 amide bonds. The van der Waals surface area contributed by atoms with Gasteiger partial charge in [-0.2, -0.15) is 0 Å². The molecule has 0 fully saturated rings. The van der Waals surface area contributed by atoms with Gasteiger partial charge in [-0.3, -0.25) is 0 Å². The Hall–Kier alpha value is -1.58. The minimum absolute atomic E-state index is 0.416. The molecule has 0 saturated carbocycles. The van der Waals surface area contributed by atoms with Crippen LogP contribution in [0.4, 0.5) is 0 Å². The zero-order valence-electron chi connectivity index (χ0n) is 11.6. The van der Waals surface area contributed by atoms with Gasteiger partial charge in [0.05, 0.1) is 5.02 Å². The van der Waals surface area contributed by atoms with E-state index in [0.717, 1.165) is 13.0 Å². The summed E-state index contributed by atoms with van der Waals surface area (Å²) in [6.07, 6.45) is 2.60. The van der Waals surface area contributed by atoms with Crippen LogP contribution in [0.3, 0.4) is 0 Å². The van der Waals surface area contributed by atoms with Gasteiger partial charge in [0.2, 0.25) is 5.88 Å². The van der Waals surface area contributed by atoms with Gasteiger partial charge in [0.1, 0.15) is 6.61 Å². The highest BCUT2D eigenvalue weighted by atomic mass is 35.5. The first kappa shape index (κ1) is 14.8. The van der Waals surface area contributed by atoms with Crippen LogP contribution < -0.4 is 10.1 Å².